The maximum Gasteiger partial charge on any atom is 0.309 e. The van der Waals surface area contributed by atoms with Crippen molar-refractivity contribution in [3.8, 4) is 0 Å². The van der Waals surface area contributed by atoms with Gasteiger partial charge in [-0.1, -0.05) is 6.07 Å². The average Bonchev–Trinajstić information content (AvgIpc) is 3.19. The SMILES string of the molecule is CNC(=O)C(=O)NC[C@@H](c1ccco1)S(=O)(=O)c1cccs1. The van der Waals surface area contributed by atoms with E-state index < -0.39 is 26.9 Å². The van der Waals surface area contributed by atoms with E-state index in [0.717, 1.165) is 11.3 Å². The fraction of sp³-hybridized carbons (Fsp3) is 0.231. The van der Waals surface area contributed by atoms with Crippen LogP contribution in [0.3, 0.4) is 0 Å². The first-order valence-electron chi connectivity index (χ1n) is 6.27. The molecule has 2 amide bonds. The molecule has 9 heteroatoms. The van der Waals surface area contributed by atoms with Crippen LogP contribution < -0.4 is 10.6 Å². The summed E-state index contributed by atoms with van der Waals surface area (Å²) >= 11 is 1.08. The number of rotatable bonds is 5. The average molecular weight is 342 g/mol. The first kappa shape index (κ1) is 16.2. The van der Waals surface area contributed by atoms with Gasteiger partial charge in [-0.25, -0.2) is 8.42 Å². The largest absolute Gasteiger partial charge is 0.468 e. The third kappa shape index (κ3) is 3.37. The fourth-order valence-corrected chi connectivity index (χ4v) is 4.57. The Bertz CT molecular complexity index is 736. The van der Waals surface area contributed by atoms with Crippen molar-refractivity contribution in [1.82, 2.24) is 10.6 Å². The highest BCUT2D eigenvalue weighted by atomic mass is 32.2. The number of likely N-dealkylation sites (N-methyl/N-ethyl adjacent to an activating group) is 1. The Morgan fingerprint density at radius 3 is 2.59 bits per heavy atom. The topological polar surface area (TPSA) is 105 Å². The Kier molecular flexibility index (Phi) is 4.99. The van der Waals surface area contributed by atoms with Crippen molar-refractivity contribution in [2.75, 3.05) is 13.6 Å². The van der Waals surface area contributed by atoms with Crippen LogP contribution in [0.25, 0.3) is 0 Å². The second kappa shape index (κ2) is 6.75. The number of sulfone groups is 1. The molecule has 7 nitrogen and oxygen atoms in total. The minimum Gasteiger partial charge on any atom is -0.468 e. The molecule has 0 radical (unpaired) electrons. The monoisotopic (exact) mass is 342 g/mol. The molecule has 0 aliphatic rings. The fourth-order valence-electron chi connectivity index (χ4n) is 1.78. The summed E-state index contributed by atoms with van der Waals surface area (Å²) in [7, 11) is -2.42. The van der Waals surface area contributed by atoms with Gasteiger partial charge in [0.25, 0.3) is 0 Å². The number of hydrogen-bond acceptors (Lipinski definition) is 6. The zero-order valence-corrected chi connectivity index (χ0v) is 13.2. The molecule has 0 fully saturated rings. The second-order valence-corrected chi connectivity index (χ2v) is 7.58. The molecule has 0 aromatic carbocycles. The Morgan fingerprint density at radius 1 is 1.27 bits per heavy atom. The predicted molar refractivity (Wildman–Crippen MR) is 80.0 cm³/mol. The molecular weight excluding hydrogens is 328 g/mol. The van der Waals surface area contributed by atoms with Gasteiger partial charge in [0.1, 0.15) is 15.2 Å². The molecule has 0 saturated heterocycles. The molecule has 0 aliphatic heterocycles. The van der Waals surface area contributed by atoms with Crippen LogP contribution in [0, 0.1) is 0 Å². The van der Waals surface area contributed by atoms with Crippen molar-refractivity contribution in [3.63, 3.8) is 0 Å². The first-order chi connectivity index (χ1) is 10.5. The highest BCUT2D eigenvalue weighted by Crippen LogP contribution is 2.31. The lowest BCUT2D eigenvalue weighted by Crippen LogP contribution is -2.40. The van der Waals surface area contributed by atoms with Gasteiger partial charge in [-0.05, 0) is 23.6 Å². The lowest BCUT2D eigenvalue weighted by molar-refractivity contribution is -0.138. The van der Waals surface area contributed by atoms with Crippen LogP contribution in [0.5, 0.6) is 0 Å². The van der Waals surface area contributed by atoms with Crippen molar-refractivity contribution in [2.24, 2.45) is 0 Å². The van der Waals surface area contributed by atoms with Crippen molar-refractivity contribution >= 4 is 33.0 Å². The van der Waals surface area contributed by atoms with Crippen molar-refractivity contribution in [1.29, 1.82) is 0 Å². The zero-order chi connectivity index (χ0) is 16.2. The van der Waals surface area contributed by atoms with Crippen LogP contribution in [0.15, 0.2) is 44.5 Å². The van der Waals surface area contributed by atoms with Gasteiger partial charge < -0.3 is 15.1 Å². The number of carbonyl (C=O) groups excluding carboxylic acids is 2. The summed E-state index contributed by atoms with van der Waals surface area (Å²) < 4.78 is 30.6. The minimum atomic E-state index is -3.73. The number of carbonyl (C=O) groups is 2. The van der Waals surface area contributed by atoms with Gasteiger partial charge in [0.05, 0.1) is 6.26 Å². The van der Waals surface area contributed by atoms with Crippen LogP contribution in [0.2, 0.25) is 0 Å². The molecule has 2 N–H and O–H groups in total. The summed E-state index contributed by atoms with van der Waals surface area (Å²) in [5.41, 5.74) is 0. The van der Waals surface area contributed by atoms with Gasteiger partial charge in [-0.3, -0.25) is 9.59 Å². The van der Waals surface area contributed by atoms with Crippen LogP contribution >= 0.6 is 11.3 Å². The van der Waals surface area contributed by atoms with Crippen LogP contribution in [0.1, 0.15) is 11.0 Å². The van der Waals surface area contributed by atoms with E-state index in [0.29, 0.717) is 0 Å². The first-order valence-corrected chi connectivity index (χ1v) is 8.70. The normalized spacial score (nSPS) is 12.6. The van der Waals surface area contributed by atoms with E-state index in [9.17, 15) is 18.0 Å². The van der Waals surface area contributed by atoms with Crippen LogP contribution in [-0.2, 0) is 19.4 Å². The summed E-state index contributed by atoms with van der Waals surface area (Å²) in [5, 5.41) is 5.02. The van der Waals surface area contributed by atoms with E-state index in [-0.39, 0.29) is 16.5 Å². The van der Waals surface area contributed by atoms with Gasteiger partial charge in [-0.15, -0.1) is 11.3 Å². The van der Waals surface area contributed by atoms with E-state index in [1.165, 1.54) is 25.4 Å². The van der Waals surface area contributed by atoms with E-state index >= 15 is 0 Å². The summed E-state index contributed by atoms with van der Waals surface area (Å²) in [5.74, 6) is -1.54. The van der Waals surface area contributed by atoms with Crippen molar-refractivity contribution in [2.45, 2.75) is 9.46 Å². The van der Waals surface area contributed by atoms with E-state index in [1.54, 1.807) is 17.5 Å². The Morgan fingerprint density at radius 2 is 2.05 bits per heavy atom. The van der Waals surface area contributed by atoms with Gasteiger partial charge in [0, 0.05) is 13.6 Å². The molecular formula is C13H14N2O5S2. The number of amides is 2. The lowest BCUT2D eigenvalue weighted by Gasteiger charge is -2.15. The van der Waals surface area contributed by atoms with E-state index in [1.807, 2.05) is 0 Å². The quantitative estimate of drug-likeness (QED) is 0.779. The summed E-state index contributed by atoms with van der Waals surface area (Å²) in [6, 6.07) is 6.19. The Labute approximate surface area is 131 Å². The third-order valence-electron chi connectivity index (χ3n) is 2.89. The maximum atomic E-state index is 12.6. The molecule has 2 aromatic heterocycles. The van der Waals surface area contributed by atoms with E-state index in [2.05, 4.69) is 10.6 Å². The Balaban J connectivity index is 2.26. The summed E-state index contributed by atoms with van der Waals surface area (Å²) in [6.07, 6.45) is 1.35. The smallest absolute Gasteiger partial charge is 0.309 e. The lowest BCUT2D eigenvalue weighted by atomic mass is 10.3. The molecule has 0 bridgehead atoms. The molecule has 1 atom stereocenters. The van der Waals surface area contributed by atoms with Crippen molar-refractivity contribution < 1.29 is 22.4 Å². The van der Waals surface area contributed by atoms with Gasteiger partial charge in [0.2, 0.25) is 0 Å². The molecule has 0 saturated carbocycles. The highest BCUT2D eigenvalue weighted by molar-refractivity contribution is 7.93. The summed E-state index contributed by atoms with van der Waals surface area (Å²) in [6.45, 7) is -0.264. The number of thiophene rings is 1. The summed E-state index contributed by atoms with van der Waals surface area (Å²) in [4.78, 5) is 22.7. The molecule has 2 rings (SSSR count). The van der Waals surface area contributed by atoms with Gasteiger partial charge >= 0.3 is 11.8 Å². The zero-order valence-electron chi connectivity index (χ0n) is 11.6. The predicted octanol–water partition coefficient (Wildman–Crippen LogP) is 0.718. The third-order valence-corrected chi connectivity index (χ3v) is 6.38. The number of nitrogens with one attached hydrogen (secondary N) is 2. The van der Waals surface area contributed by atoms with Crippen LogP contribution in [-0.4, -0.2) is 33.8 Å². The number of hydrogen-bond donors (Lipinski definition) is 2. The maximum absolute atomic E-state index is 12.6. The molecule has 0 aliphatic carbocycles. The van der Waals surface area contributed by atoms with Gasteiger partial charge in [-0.2, -0.15) is 0 Å². The molecule has 0 unspecified atom stereocenters. The molecule has 2 heterocycles. The Hall–Kier alpha value is -2.13. The minimum absolute atomic E-state index is 0.170. The molecule has 118 valence electrons. The van der Waals surface area contributed by atoms with Crippen LogP contribution in [0.4, 0.5) is 0 Å². The second-order valence-electron chi connectivity index (χ2n) is 4.27. The number of furan rings is 1. The molecule has 0 spiro atoms. The van der Waals surface area contributed by atoms with Gasteiger partial charge in [0.15, 0.2) is 9.84 Å². The van der Waals surface area contributed by atoms with E-state index in [4.69, 9.17) is 4.42 Å². The molecule has 2 aromatic rings. The van der Waals surface area contributed by atoms with Crippen molar-refractivity contribution in [3.05, 3.63) is 41.7 Å². The standard InChI is InChI=1S/C13H14N2O5S2/c1-14-12(16)13(17)15-8-10(9-4-2-6-20-9)22(18,19)11-5-3-7-21-11/h2-7,10H,8H2,1H3,(H,14,16)(H,15,17)/t10-/m0/s1. The highest BCUT2D eigenvalue weighted by Gasteiger charge is 2.33. The molecule has 22 heavy (non-hydrogen) atoms.